The average Bonchev–Trinajstić information content (AvgIpc) is 1.33. The molecule has 12 nitrogen and oxygen atoms in total. The van der Waals surface area contributed by atoms with E-state index in [1.807, 2.05) is 127 Å². The fraction of sp³-hybridized carbons (Fsp3) is 0. The summed E-state index contributed by atoms with van der Waals surface area (Å²) in [6.07, 6.45) is 0. The third kappa shape index (κ3) is 11.4. The third-order valence-electron chi connectivity index (χ3n) is 18.1. The lowest BCUT2D eigenvalue weighted by molar-refractivity contribution is 1.07. The number of aromatic nitrogens is 12. The van der Waals surface area contributed by atoms with Gasteiger partial charge in [-0.2, -0.15) is 17.5 Å². The summed E-state index contributed by atoms with van der Waals surface area (Å²) in [5.41, 5.74) is 21.9. The van der Waals surface area contributed by atoms with Gasteiger partial charge in [-0.3, -0.25) is 0 Å². The summed E-state index contributed by atoms with van der Waals surface area (Å²) in [7, 11) is 0. The molecule has 14 heteroatoms. The zero-order valence-electron chi connectivity index (χ0n) is 53.2. The molecule has 6 aromatic heterocycles. The molecule has 0 aliphatic heterocycles. The summed E-state index contributed by atoms with van der Waals surface area (Å²) in [6.45, 7) is 0. The van der Waals surface area contributed by atoms with Gasteiger partial charge in [-0.05, 0) is 69.8 Å². The Morgan fingerprint density at radius 1 is 0.160 bits per heavy atom. The number of fused-ring (bicyclic) bond motifs is 10. The summed E-state index contributed by atoms with van der Waals surface area (Å²) >= 11 is 2.49. The number of rotatable bonds is 11. The van der Waals surface area contributed by atoms with Gasteiger partial charge in [-0.25, -0.2) is 39.9 Å². The van der Waals surface area contributed by atoms with E-state index in [1.54, 1.807) is 0 Å². The largest absolute Gasteiger partial charge is 0.247 e. The van der Waals surface area contributed by atoms with Crippen LogP contribution in [0.3, 0.4) is 0 Å². The van der Waals surface area contributed by atoms with Gasteiger partial charge in [0.15, 0.2) is 34.9 Å². The molecule has 0 spiro atoms. The maximum absolute atomic E-state index is 5.12. The summed E-state index contributed by atoms with van der Waals surface area (Å²) in [5, 5.41) is 6.51. The highest BCUT2D eigenvalue weighted by Gasteiger charge is 2.20. The molecule has 0 saturated carbocycles. The van der Waals surface area contributed by atoms with Gasteiger partial charge in [0.25, 0.3) is 0 Å². The molecule has 468 valence electrons. The van der Waals surface area contributed by atoms with Crippen LogP contribution in [0.25, 0.3) is 190 Å². The smallest absolute Gasteiger partial charge is 0.164 e. The molecule has 0 N–H and O–H groups in total. The number of hydrogen-bond donors (Lipinski definition) is 0. The van der Waals surface area contributed by atoms with Crippen LogP contribution in [0.2, 0.25) is 0 Å². The molecule has 0 bridgehead atoms. The van der Waals surface area contributed by atoms with Crippen LogP contribution in [-0.4, -0.2) is 57.4 Å². The number of hydrogen-bond acceptors (Lipinski definition) is 14. The first-order valence-electron chi connectivity index (χ1n) is 32.7. The van der Waals surface area contributed by atoms with Gasteiger partial charge in [0.1, 0.15) is 22.1 Å². The highest BCUT2D eigenvalue weighted by Crippen LogP contribution is 2.40. The molecule has 6 heterocycles. The quantitative estimate of drug-likeness (QED) is 0.113. The molecule has 0 radical (unpaired) electrons. The number of nitrogens with zero attached hydrogens (tertiary/aromatic N) is 12. The summed E-state index contributed by atoms with van der Waals surface area (Å²) in [4.78, 5) is 39.6. The molecule has 0 amide bonds. The van der Waals surface area contributed by atoms with Crippen molar-refractivity contribution in [3.05, 3.63) is 315 Å². The van der Waals surface area contributed by atoms with Gasteiger partial charge in [0, 0.05) is 76.8 Å². The SMILES string of the molecule is c1ccc(-c2ccc(-c3nc(-c4ccccc4)nc(-c4ccc(-c5ccc(-c6nc7ccccc7c7c6ccc6nsnc67)cc5)cc4)n3)cc2)cc1.c1ccc(-c2nc(-c3ccccc3)nc(-c3ccc(-c4ccc(-c5nc6ccccc6c6c5ccc5nsnc56)cc4)cc3)n2)cc1. The van der Waals surface area contributed by atoms with Crippen LogP contribution >= 0.6 is 23.5 Å². The highest BCUT2D eigenvalue weighted by molar-refractivity contribution is 7.00. The molecule has 19 rings (SSSR count). The van der Waals surface area contributed by atoms with Gasteiger partial charge < -0.3 is 0 Å². The number of benzene rings is 13. The fourth-order valence-electron chi connectivity index (χ4n) is 13.0. The summed E-state index contributed by atoms with van der Waals surface area (Å²) in [6, 6.07) is 108. The Hall–Kier alpha value is -13.1. The molecule has 0 aliphatic rings. The Kier molecular flexibility index (Phi) is 15.3. The van der Waals surface area contributed by atoms with Crippen molar-refractivity contribution in [2.24, 2.45) is 0 Å². The molecular weight excluding hydrogens is 1270 g/mol. The molecule has 0 atom stereocenters. The second-order valence-corrected chi connectivity index (χ2v) is 25.2. The number of pyridine rings is 2. The molecule has 0 unspecified atom stereocenters. The van der Waals surface area contributed by atoms with E-state index in [9.17, 15) is 0 Å². The van der Waals surface area contributed by atoms with Crippen LogP contribution in [-0.2, 0) is 0 Å². The van der Waals surface area contributed by atoms with Crippen molar-refractivity contribution < 1.29 is 0 Å². The molecule has 0 fully saturated rings. The van der Waals surface area contributed by atoms with E-state index in [0.29, 0.717) is 34.9 Å². The zero-order valence-corrected chi connectivity index (χ0v) is 54.8. The summed E-state index contributed by atoms with van der Waals surface area (Å²) < 4.78 is 18.3. The molecular formula is C86H52N12S2. The van der Waals surface area contributed by atoms with Crippen LogP contribution in [0.1, 0.15) is 0 Å². The van der Waals surface area contributed by atoms with Crippen LogP contribution in [0, 0.1) is 0 Å². The van der Waals surface area contributed by atoms with E-state index in [2.05, 4.69) is 206 Å². The molecule has 0 saturated heterocycles. The standard InChI is InChI=1S/C46H28N6S.C40H24N6S/c1-3-9-29(10-4-1)30-17-23-35(24-18-30)45-48-44(34-11-5-2-6-12-34)49-46(50-45)36-25-19-32(20-26-36)31-15-21-33(22-16-31)42-38-27-28-40-43(52-53-51-40)41(38)37-13-7-8-14-39(37)47-42;1-3-9-28(10-4-1)38-42-39(29-11-5-2-6-12-29)44-40(43-38)30-21-17-26(18-22-30)25-15-19-27(20-16-25)36-32-23-24-34-37(46-47-45-34)35(32)31-13-7-8-14-33(31)41-36/h1-28H;1-24H. The maximum Gasteiger partial charge on any atom is 0.164 e. The van der Waals surface area contributed by atoms with Crippen LogP contribution < -0.4 is 0 Å². The van der Waals surface area contributed by atoms with Gasteiger partial charge in [-0.1, -0.05) is 279 Å². The average molecular weight is 1320 g/mol. The van der Waals surface area contributed by atoms with Crippen LogP contribution in [0.4, 0.5) is 0 Å². The Bertz CT molecular complexity index is 6170. The second kappa shape index (κ2) is 25.8. The minimum atomic E-state index is 0.626. The third-order valence-corrected chi connectivity index (χ3v) is 19.1. The fourth-order valence-corrected chi connectivity index (χ4v) is 14.1. The Labute approximate surface area is 582 Å². The van der Waals surface area contributed by atoms with E-state index in [0.717, 1.165) is 149 Å². The summed E-state index contributed by atoms with van der Waals surface area (Å²) in [5.74, 6) is 3.83. The Balaban J connectivity index is 0.000000145. The number of para-hydroxylation sites is 2. The Morgan fingerprint density at radius 2 is 0.400 bits per heavy atom. The maximum atomic E-state index is 5.12. The van der Waals surface area contributed by atoms with Gasteiger partial charge in [0.05, 0.1) is 45.9 Å². The minimum absolute atomic E-state index is 0.626. The monoisotopic (exact) mass is 1320 g/mol. The van der Waals surface area contributed by atoms with E-state index in [1.165, 1.54) is 29.0 Å². The predicted octanol–water partition coefficient (Wildman–Crippen LogP) is 21.5. The van der Waals surface area contributed by atoms with Crippen molar-refractivity contribution in [3.8, 4) is 124 Å². The van der Waals surface area contributed by atoms with Crippen LogP contribution in [0.15, 0.2) is 315 Å². The topological polar surface area (TPSA) is 155 Å². The van der Waals surface area contributed by atoms with Crippen molar-refractivity contribution in [2.45, 2.75) is 0 Å². The zero-order chi connectivity index (χ0) is 66.3. The van der Waals surface area contributed by atoms with Crippen LogP contribution in [0.5, 0.6) is 0 Å². The highest BCUT2D eigenvalue weighted by atomic mass is 32.1. The Morgan fingerprint density at radius 3 is 0.710 bits per heavy atom. The van der Waals surface area contributed by atoms with Crippen molar-refractivity contribution >= 4 is 88.9 Å². The lowest BCUT2D eigenvalue weighted by Gasteiger charge is -2.11. The van der Waals surface area contributed by atoms with E-state index < -0.39 is 0 Å². The first-order chi connectivity index (χ1) is 49.5. The normalized spacial score (nSPS) is 11.4. The lowest BCUT2D eigenvalue weighted by Crippen LogP contribution is -2.00. The van der Waals surface area contributed by atoms with Gasteiger partial charge in [-0.15, -0.1) is 0 Å². The van der Waals surface area contributed by atoms with Crippen molar-refractivity contribution in [2.75, 3.05) is 0 Å². The van der Waals surface area contributed by atoms with Gasteiger partial charge in [0.2, 0.25) is 0 Å². The minimum Gasteiger partial charge on any atom is -0.247 e. The van der Waals surface area contributed by atoms with Crippen molar-refractivity contribution in [3.63, 3.8) is 0 Å². The first-order valence-corrected chi connectivity index (χ1v) is 34.1. The predicted molar refractivity (Wildman–Crippen MR) is 407 cm³/mol. The second-order valence-electron chi connectivity index (χ2n) is 24.2. The van der Waals surface area contributed by atoms with Crippen molar-refractivity contribution in [1.29, 1.82) is 0 Å². The lowest BCUT2D eigenvalue weighted by atomic mass is 9.97. The molecule has 19 aromatic rings. The van der Waals surface area contributed by atoms with E-state index in [4.69, 9.17) is 39.9 Å². The molecule has 13 aromatic carbocycles. The van der Waals surface area contributed by atoms with Gasteiger partial charge >= 0.3 is 0 Å². The molecule has 100 heavy (non-hydrogen) atoms. The van der Waals surface area contributed by atoms with E-state index >= 15 is 0 Å². The van der Waals surface area contributed by atoms with Crippen molar-refractivity contribution in [1.82, 2.24) is 57.4 Å². The van der Waals surface area contributed by atoms with E-state index in [-0.39, 0.29) is 0 Å². The first kappa shape index (κ1) is 59.4. The molecule has 0 aliphatic carbocycles.